The molecular formula is C10H15N7O5. The lowest BCUT2D eigenvalue weighted by molar-refractivity contribution is -0.148. The third kappa shape index (κ3) is 3.04. The molecule has 22 heavy (non-hydrogen) atoms. The van der Waals surface area contributed by atoms with Crippen LogP contribution in [0, 0.1) is 0 Å². The van der Waals surface area contributed by atoms with Crippen LogP contribution in [0.4, 0.5) is 11.8 Å². The number of carbonyl (C=O) groups is 1. The second kappa shape index (κ2) is 6.07. The first-order valence-corrected chi connectivity index (χ1v) is 6.02. The van der Waals surface area contributed by atoms with Gasteiger partial charge in [-0.25, -0.2) is 4.98 Å². The van der Waals surface area contributed by atoms with Crippen molar-refractivity contribution < 1.29 is 24.9 Å². The summed E-state index contributed by atoms with van der Waals surface area (Å²) in [5, 5.41) is 26.6. The van der Waals surface area contributed by atoms with Crippen molar-refractivity contribution in [1.29, 1.82) is 0 Å². The van der Waals surface area contributed by atoms with Gasteiger partial charge in [-0.1, -0.05) is 0 Å². The summed E-state index contributed by atoms with van der Waals surface area (Å²) in [5.74, 6) is -0.444. The summed E-state index contributed by atoms with van der Waals surface area (Å²) in [6, 6.07) is 0. The molecule has 1 saturated heterocycles. The molecular weight excluding hydrogens is 298 g/mol. The number of nitrogens with two attached hydrogens (primary N) is 3. The number of imidazole rings is 1. The van der Waals surface area contributed by atoms with Gasteiger partial charge in [0.1, 0.15) is 17.7 Å². The molecule has 12 heteroatoms. The van der Waals surface area contributed by atoms with Gasteiger partial charge >= 0.3 is 0 Å². The van der Waals surface area contributed by atoms with Crippen molar-refractivity contribution in [1.82, 2.24) is 19.9 Å². The Morgan fingerprint density at radius 1 is 1.23 bits per heavy atom. The number of nitrogen functional groups attached to an aromatic ring is 2. The van der Waals surface area contributed by atoms with Crippen molar-refractivity contribution in [3.05, 3.63) is 6.33 Å². The fraction of sp³-hybridized carbons (Fsp3) is 0.400. The molecule has 0 bridgehead atoms. The molecule has 0 saturated carbocycles. The van der Waals surface area contributed by atoms with Crippen LogP contribution in [0.1, 0.15) is 0 Å². The van der Waals surface area contributed by atoms with Crippen LogP contribution < -0.4 is 17.2 Å². The van der Waals surface area contributed by atoms with E-state index in [1.54, 1.807) is 0 Å². The van der Waals surface area contributed by atoms with Crippen molar-refractivity contribution in [3.63, 3.8) is 0 Å². The van der Waals surface area contributed by atoms with Crippen LogP contribution in [-0.2, 0) is 9.53 Å². The third-order valence-corrected chi connectivity index (χ3v) is 2.85. The number of amides is 1. The van der Waals surface area contributed by atoms with E-state index in [1.807, 2.05) is 0 Å². The smallest absolute Gasteiger partial charge is 0.249 e. The third-order valence-electron chi connectivity index (χ3n) is 2.85. The number of ether oxygens (including phenoxy) is 1. The van der Waals surface area contributed by atoms with Crippen LogP contribution in [0.2, 0.25) is 0 Å². The number of fused-ring (bicyclic) bond motifs is 1. The van der Waals surface area contributed by atoms with Crippen molar-refractivity contribution >= 4 is 28.8 Å². The highest BCUT2D eigenvalue weighted by Gasteiger charge is 2.44. The largest absolute Gasteiger partial charge is 0.387 e. The Hall–Kier alpha value is -2.54. The van der Waals surface area contributed by atoms with Crippen LogP contribution in [0.25, 0.3) is 11.2 Å². The van der Waals surface area contributed by atoms with Crippen molar-refractivity contribution in [2.24, 2.45) is 5.73 Å². The number of aliphatic hydroxyl groups is 3. The summed E-state index contributed by atoms with van der Waals surface area (Å²) in [4.78, 5) is 24.7. The van der Waals surface area contributed by atoms with Gasteiger partial charge in [-0.3, -0.25) is 4.79 Å². The zero-order chi connectivity index (χ0) is 16.4. The van der Waals surface area contributed by atoms with E-state index in [0.29, 0.717) is 17.0 Å². The Kier molecular flexibility index (Phi) is 4.37. The number of H-pyrrole nitrogens is 1. The highest BCUT2D eigenvalue weighted by atomic mass is 16.6. The van der Waals surface area contributed by atoms with E-state index in [0.717, 1.165) is 0 Å². The number of aromatic nitrogens is 4. The predicted octanol–water partition coefficient (Wildman–Crippen LogP) is -3.57. The van der Waals surface area contributed by atoms with E-state index in [1.165, 1.54) is 6.33 Å². The Bertz CT molecular complexity index is 677. The summed E-state index contributed by atoms with van der Waals surface area (Å²) >= 11 is 0. The highest BCUT2D eigenvalue weighted by Crippen LogP contribution is 2.18. The van der Waals surface area contributed by atoms with Gasteiger partial charge in [-0.05, 0) is 0 Å². The first-order valence-electron chi connectivity index (χ1n) is 6.02. The molecule has 3 rings (SSSR count). The predicted molar refractivity (Wildman–Crippen MR) is 72.6 cm³/mol. The maximum atomic E-state index is 10.4. The molecule has 2 aromatic heterocycles. The zero-order valence-corrected chi connectivity index (χ0v) is 11.1. The van der Waals surface area contributed by atoms with E-state index in [9.17, 15) is 4.79 Å². The lowest BCUT2D eigenvalue weighted by Crippen LogP contribution is -2.39. The number of nitrogens with zero attached hydrogens (tertiary/aromatic N) is 3. The maximum absolute atomic E-state index is 10.4. The van der Waals surface area contributed by atoms with Crippen LogP contribution in [0.5, 0.6) is 0 Å². The van der Waals surface area contributed by atoms with Gasteiger partial charge in [-0.15, -0.1) is 0 Å². The van der Waals surface area contributed by atoms with E-state index in [-0.39, 0.29) is 5.95 Å². The minimum atomic E-state index is -1.54. The molecule has 0 spiro atoms. The fourth-order valence-corrected chi connectivity index (χ4v) is 1.77. The van der Waals surface area contributed by atoms with Gasteiger partial charge in [0.2, 0.25) is 11.9 Å². The number of hydrogen-bond donors (Lipinski definition) is 7. The number of aromatic amines is 1. The lowest BCUT2D eigenvalue weighted by Gasteiger charge is -2.09. The minimum absolute atomic E-state index is 0.141. The molecule has 3 heterocycles. The van der Waals surface area contributed by atoms with Gasteiger partial charge in [-0.2, -0.15) is 9.97 Å². The molecule has 120 valence electrons. The van der Waals surface area contributed by atoms with Gasteiger partial charge in [0.05, 0.1) is 6.33 Å². The topological polar surface area (TPSA) is 220 Å². The number of primary amides is 1. The van der Waals surface area contributed by atoms with Gasteiger partial charge in [0, 0.05) is 0 Å². The minimum Gasteiger partial charge on any atom is -0.387 e. The summed E-state index contributed by atoms with van der Waals surface area (Å²) in [7, 11) is 0. The Morgan fingerprint density at radius 3 is 2.41 bits per heavy atom. The normalized spacial score (nSPS) is 27.4. The van der Waals surface area contributed by atoms with E-state index < -0.39 is 30.5 Å². The molecule has 0 aliphatic carbocycles. The van der Waals surface area contributed by atoms with Crippen molar-refractivity contribution in [3.8, 4) is 0 Å². The monoisotopic (exact) mass is 313 g/mol. The van der Waals surface area contributed by atoms with Crippen LogP contribution in [0.15, 0.2) is 6.33 Å². The quantitative estimate of drug-likeness (QED) is 0.274. The van der Waals surface area contributed by atoms with Crippen LogP contribution in [-0.4, -0.2) is 65.8 Å². The maximum Gasteiger partial charge on any atom is 0.249 e. The van der Waals surface area contributed by atoms with Gasteiger partial charge in [0.15, 0.2) is 23.9 Å². The summed E-state index contributed by atoms with van der Waals surface area (Å²) in [6.07, 6.45) is -4.27. The molecule has 0 aromatic carbocycles. The van der Waals surface area contributed by atoms with E-state index in [2.05, 4.69) is 24.7 Å². The SMILES string of the molecule is NC(=O)[C@H]1O[C@@H](O)[C@H](O)[C@@H]1O.Nc1nc(N)c2[nH]cnc2n1. The Labute approximate surface area is 122 Å². The zero-order valence-electron chi connectivity index (χ0n) is 11.1. The van der Waals surface area contributed by atoms with E-state index >= 15 is 0 Å². The molecule has 1 amide bonds. The summed E-state index contributed by atoms with van der Waals surface area (Å²) in [5.41, 5.74) is 16.7. The molecule has 2 aromatic rings. The first kappa shape index (κ1) is 15.8. The van der Waals surface area contributed by atoms with Gasteiger partial charge in [0.25, 0.3) is 0 Å². The average molecular weight is 313 g/mol. The van der Waals surface area contributed by atoms with Crippen LogP contribution in [0.3, 0.4) is 0 Å². The fourth-order valence-electron chi connectivity index (χ4n) is 1.77. The molecule has 12 nitrogen and oxygen atoms in total. The molecule has 1 aliphatic rings. The van der Waals surface area contributed by atoms with Crippen LogP contribution >= 0.6 is 0 Å². The molecule has 4 atom stereocenters. The Morgan fingerprint density at radius 2 is 1.91 bits per heavy atom. The molecule has 0 unspecified atom stereocenters. The first-order chi connectivity index (χ1) is 10.3. The number of anilines is 2. The highest BCUT2D eigenvalue weighted by molar-refractivity contribution is 5.81. The van der Waals surface area contributed by atoms with Crippen molar-refractivity contribution in [2.75, 3.05) is 11.5 Å². The standard InChI is InChI=1S/C5H6N6.C5H9NO5/c6-3-2-4(9-1-8-2)11-5(7)10-3;6-4(9)3-1(7)2(8)5(10)11-3/h1H,(H5,6,7,8,9,10,11);1-3,5,7-8,10H,(H2,6,9)/t;1-,2+,3-,5+/m.0/s1. The molecule has 1 fully saturated rings. The molecule has 10 N–H and O–H groups in total. The molecule has 1 aliphatic heterocycles. The average Bonchev–Trinajstić information content (AvgIpc) is 3.00. The Balaban J connectivity index is 0.000000160. The summed E-state index contributed by atoms with van der Waals surface area (Å²) in [6.45, 7) is 0. The number of aliphatic hydroxyl groups excluding tert-OH is 3. The summed E-state index contributed by atoms with van der Waals surface area (Å²) < 4.78 is 4.43. The number of rotatable bonds is 1. The lowest BCUT2D eigenvalue weighted by atomic mass is 10.1. The number of nitrogens with one attached hydrogen (secondary N) is 1. The number of carbonyl (C=O) groups excluding carboxylic acids is 1. The van der Waals surface area contributed by atoms with E-state index in [4.69, 9.17) is 32.5 Å². The second-order valence-electron chi connectivity index (χ2n) is 4.40. The van der Waals surface area contributed by atoms with Gasteiger partial charge < -0.3 is 42.2 Å². The molecule has 0 radical (unpaired) electrons. The number of hydrogen-bond acceptors (Lipinski definition) is 10. The second-order valence-corrected chi connectivity index (χ2v) is 4.40. The van der Waals surface area contributed by atoms with Crippen molar-refractivity contribution in [2.45, 2.75) is 24.6 Å².